The van der Waals surface area contributed by atoms with Crippen molar-refractivity contribution >= 4 is 5.97 Å². The number of hydrogen-bond acceptors (Lipinski definition) is 2. The fourth-order valence-corrected chi connectivity index (χ4v) is 2.87. The SMILES string of the molecule is C[C@@H]1C[C@@H](c2cccc(F)c2)N(CCCC(=O)O)C1. The standard InChI is InChI=1S/C15H20FNO2/c1-11-8-14(12-4-2-5-13(16)9-12)17(10-11)7-3-6-15(18)19/h2,4-5,9,11,14H,3,6-8,10H2,1H3,(H,18,19)/t11-,14+/m1/s1. The molecule has 2 rings (SSSR count). The third kappa shape index (κ3) is 3.77. The van der Waals surface area contributed by atoms with Gasteiger partial charge in [-0.25, -0.2) is 4.39 Å². The zero-order valence-corrected chi connectivity index (χ0v) is 11.2. The van der Waals surface area contributed by atoms with Crippen LogP contribution in [0.5, 0.6) is 0 Å². The minimum absolute atomic E-state index is 0.195. The number of carbonyl (C=O) groups is 1. The van der Waals surface area contributed by atoms with Crippen molar-refractivity contribution in [3.8, 4) is 0 Å². The first-order valence-electron chi connectivity index (χ1n) is 6.77. The number of carboxylic acid groups (broad SMARTS) is 1. The van der Waals surface area contributed by atoms with E-state index in [4.69, 9.17) is 5.11 Å². The van der Waals surface area contributed by atoms with E-state index in [0.29, 0.717) is 12.3 Å². The highest BCUT2D eigenvalue weighted by Crippen LogP contribution is 2.35. The van der Waals surface area contributed by atoms with E-state index in [2.05, 4.69) is 11.8 Å². The first-order chi connectivity index (χ1) is 9.06. The Morgan fingerprint density at radius 2 is 2.32 bits per heavy atom. The Morgan fingerprint density at radius 1 is 1.53 bits per heavy atom. The van der Waals surface area contributed by atoms with Crippen LogP contribution in [-0.2, 0) is 4.79 Å². The van der Waals surface area contributed by atoms with Gasteiger partial charge in [-0.3, -0.25) is 9.69 Å². The lowest BCUT2D eigenvalue weighted by molar-refractivity contribution is -0.137. The number of carboxylic acids is 1. The van der Waals surface area contributed by atoms with Crippen LogP contribution in [0.2, 0.25) is 0 Å². The van der Waals surface area contributed by atoms with Gasteiger partial charge in [-0.1, -0.05) is 19.1 Å². The normalized spacial score (nSPS) is 23.7. The van der Waals surface area contributed by atoms with Crippen molar-refractivity contribution in [2.24, 2.45) is 5.92 Å². The monoisotopic (exact) mass is 265 g/mol. The molecule has 19 heavy (non-hydrogen) atoms. The summed E-state index contributed by atoms with van der Waals surface area (Å²) in [4.78, 5) is 12.8. The molecule has 1 aliphatic heterocycles. The summed E-state index contributed by atoms with van der Waals surface area (Å²) >= 11 is 0. The van der Waals surface area contributed by atoms with Crippen LogP contribution >= 0.6 is 0 Å². The molecule has 1 aliphatic rings. The lowest BCUT2D eigenvalue weighted by Crippen LogP contribution is -2.25. The van der Waals surface area contributed by atoms with Gasteiger partial charge in [0.1, 0.15) is 5.82 Å². The molecule has 0 aromatic heterocycles. The second-order valence-electron chi connectivity index (χ2n) is 5.40. The van der Waals surface area contributed by atoms with Gasteiger partial charge in [0.2, 0.25) is 0 Å². The Hall–Kier alpha value is -1.42. The van der Waals surface area contributed by atoms with E-state index in [-0.39, 0.29) is 18.3 Å². The number of likely N-dealkylation sites (tertiary alicyclic amines) is 1. The molecule has 3 nitrogen and oxygen atoms in total. The third-order valence-corrected chi connectivity index (χ3v) is 3.68. The molecule has 0 aliphatic carbocycles. The van der Waals surface area contributed by atoms with Gasteiger partial charge in [0, 0.05) is 19.0 Å². The summed E-state index contributed by atoms with van der Waals surface area (Å²) in [6.07, 6.45) is 1.85. The van der Waals surface area contributed by atoms with Crippen molar-refractivity contribution in [2.75, 3.05) is 13.1 Å². The maximum Gasteiger partial charge on any atom is 0.303 e. The van der Waals surface area contributed by atoms with Crippen LogP contribution in [0.3, 0.4) is 0 Å². The zero-order chi connectivity index (χ0) is 13.8. The Morgan fingerprint density at radius 3 is 3.00 bits per heavy atom. The van der Waals surface area contributed by atoms with E-state index in [1.165, 1.54) is 6.07 Å². The highest BCUT2D eigenvalue weighted by Gasteiger charge is 2.30. The molecule has 1 N–H and O–H groups in total. The molecule has 2 atom stereocenters. The second-order valence-corrected chi connectivity index (χ2v) is 5.40. The van der Waals surface area contributed by atoms with E-state index < -0.39 is 5.97 Å². The number of nitrogens with zero attached hydrogens (tertiary/aromatic N) is 1. The molecular weight excluding hydrogens is 245 g/mol. The molecule has 1 aromatic carbocycles. The summed E-state index contributed by atoms with van der Waals surface area (Å²) in [7, 11) is 0. The molecule has 4 heteroatoms. The van der Waals surface area contributed by atoms with Gasteiger partial charge in [-0.2, -0.15) is 0 Å². The van der Waals surface area contributed by atoms with Crippen molar-refractivity contribution in [1.29, 1.82) is 0 Å². The van der Waals surface area contributed by atoms with E-state index in [0.717, 1.165) is 25.1 Å². The predicted octanol–water partition coefficient (Wildman–Crippen LogP) is 3.07. The Balaban J connectivity index is 2.02. The minimum Gasteiger partial charge on any atom is -0.481 e. The molecular formula is C15H20FNO2. The maximum atomic E-state index is 13.3. The topological polar surface area (TPSA) is 40.5 Å². The van der Waals surface area contributed by atoms with Gasteiger partial charge < -0.3 is 5.11 Å². The summed E-state index contributed by atoms with van der Waals surface area (Å²) in [5, 5.41) is 8.69. The van der Waals surface area contributed by atoms with Crippen LogP contribution < -0.4 is 0 Å². The van der Waals surface area contributed by atoms with Crippen LogP contribution in [0.25, 0.3) is 0 Å². The summed E-state index contributed by atoms with van der Waals surface area (Å²) < 4.78 is 13.3. The summed E-state index contributed by atoms with van der Waals surface area (Å²) in [5.41, 5.74) is 1.000. The van der Waals surface area contributed by atoms with Gasteiger partial charge in [-0.05, 0) is 43.0 Å². The first-order valence-corrected chi connectivity index (χ1v) is 6.77. The highest BCUT2D eigenvalue weighted by atomic mass is 19.1. The Bertz CT molecular complexity index is 450. The van der Waals surface area contributed by atoms with E-state index in [1.807, 2.05) is 6.07 Å². The summed E-state index contributed by atoms with van der Waals surface area (Å²) in [6.45, 7) is 3.90. The van der Waals surface area contributed by atoms with Crippen molar-refractivity contribution in [3.63, 3.8) is 0 Å². The lowest BCUT2D eigenvalue weighted by atomic mass is 10.0. The number of halogens is 1. The molecule has 1 fully saturated rings. The van der Waals surface area contributed by atoms with Gasteiger partial charge in [-0.15, -0.1) is 0 Å². The molecule has 0 amide bonds. The fourth-order valence-electron chi connectivity index (χ4n) is 2.87. The van der Waals surface area contributed by atoms with Crippen LogP contribution in [-0.4, -0.2) is 29.1 Å². The van der Waals surface area contributed by atoms with Crippen LogP contribution in [0.15, 0.2) is 24.3 Å². The average Bonchev–Trinajstić information content (AvgIpc) is 2.70. The molecule has 0 saturated carbocycles. The molecule has 104 valence electrons. The summed E-state index contributed by atoms with van der Waals surface area (Å²) in [6, 6.07) is 6.96. The predicted molar refractivity (Wildman–Crippen MR) is 71.4 cm³/mol. The molecule has 1 saturated heterocycles. The second kappa shape index (κ2) is 6.15. The lowest BCUT2D eigenvalue weighted by Gasteiger charge is -2.24. The van der Waals surface area contributed by atoms with Crippen LogP contribution in [0, 0.1) is 11.7 Å². The molecule has 0 spiro atoms. The van der Waals surface area contributed by atoms with E-state index in [9.17, 15) is 9.18 Å². The highest BCUT2D eigenvalue weighted by molar-refractivity contribution is 5.66. The van der Waals surface area contributed by atoms with E-state index in [1.54, 1.807) is 12.1 Å². The van der Waals surface area contributed by atoms with Crippen LogP contribution in [0.1, 0.15) is 37.8 Å². The van der Waals surface area contributed by atoms with Gasteiger partial charge in [0.05, 0.1) is 0 Å². The summed E-state index contributed by atoms with van der Waals surface area (Å²) in [5.74, 6) is -0.393. The zero-order valence-electron chi connectivity index (χ0n) is 11.2. The Labute approximate surface area is 113 Å². The van der Waals surface area contributed by atoms with Crippen molar-refractivity contribution in [2.45, 2.75) is 32.2 Å². The number of benzene rings is 1. The van der Waals surface area contributed by atoms with E-state index >= 15 is 0 Å². The molecule has 1 heterocycles. The smallest absolute Gasteiger partial charge is 0.303 e. The van der Waals surface area contributed by atoms with Crippen molar-refractivity contribution in [1.82, 2.24) is 4.90 Å². The quantitative estimate of drug-likeness (QED) is 0.889. The third-order valence-electron chi connectivity index (χ3n) is 3.68. The first kappa shape index (κ1) is 14.0. The van der Waals surface area contributed by atoms with Gasteiger partial charge >= 0.3 is 5.97 Å². The van der Waals surface area contributed by atoms with Gasteiger partial charge in [0.15, 0.2) is 0 Å². The number of hydrogen-bond donors (Lipinski definition) is 1. The molecule has 0 radical (unpaired) electrons. The van der Waals surface area contributed by atoms with Gasteiger partial charge in [0.25, 0.3) is 0 Å². The minimum atomic E-state index is -0.755. The van der Waals surface area contributed by atoms with Crippen LogP contribution in [0.4, 0.5) is 4.39 Å². The number of aliphatic carboxylic acids is 1. The molecule has 0 unspecified atom stereocenters. The number of rotatable bonds is 5. The molecule has 0 bridgehead atoms. The maximum absolute atomic E-state index is 13.3. The largest absolute Gasteiger partial charge is 0.481 e. The van der Waals surface area contributed by atoms with Crippen molar-refractivity contribution in [3.05, 3.63) is 35.6 Å². The average molecular weight is 265 g/mol. The Kier molecular flexibility index (Phi) is 4.53. The fraction of sp³-hybridized carbons (Fsp3) is 0.533. The van der Waals surface area contributed by atoms with Crippen molar-refractivity contribution < 1.29 is 14.3 Å². The molecule has 1 aromatic rings.